The number of thiophene rings is 1. The fourth-order valence-corrected chi connectivity index (χ4v) is 5.10. The van der Waals surface area contributed by atoms with Gasteiger partial charge in [-0.2, -0.15) is 0 Å². The second-order valence-electron chi connectivity index (χ2n) is 6.60. The van der Waals surface area contributed by atoms with Crippen LogP contribution in [0.4, 0.5) is 0 Å². The molecule has 0 unspecified atom stereocenters. The van der Waals surface area contributed by atoms with E-state index in [1.807, 2.05) is 5.38 Å². The molecule has 1 aromatic heterocycles. The fourth-order valence-electron chi connectivity index (χ4n) is 3.98. The second-order valence-corrected chi connectivity index (χ2v) is 7.57. The van der Waals surface area contributed by atoms with Crippen LogP contribution in [0, 0.1) is 0 Å². The summed E-state index contributed by atoms with van der Waals surface area (Å²) < 4.78 is 5.72. The summed E-state index contributed by atoms with van der Waals surface area (Å²) in [4.78, 5) is 28.4. The molecule has 3 heterocycles. The number of fused-ring (bicyclic) bond motifs is 1. The highest BCUT2D eigenvalue weighted by Crippen LogP contribution is 2.35. The molecular weight excluding hydrogens is 298 g/mol. The molecule has 0 saturated carbocycles. The van der Waals surface area contributed by atoms with Crippen LogP contribution in [0.1, 0.15) is 52.9 Å². The number of nitrogens with zero attached hydrogens (tertiary/aromatic N) is 1. The van der Waals surface area contributed by atoms with Gasteiger partial charge in [0, 0.05) is 29.8 Å². The normalized spacial score (nSPS) is 28.2. The predicted molar refractivity (Wildman–Crippen MR) is 84.4 cm³/mol. The molecule has 4 nitrogen and oxygen atoms in total. The summed E-state index contributed by atoms with van der Waals surface area (Å²) in [6.45, 7) is 1.52. The lowest BCUT2D eigenvalue weighted by molar-refractivity contribution is -0.144. The Morgan fingerprint density at radius 3 is 2.86 bits per heavy atom. The maximum absolute atomic E-state index is 12.8. The first-order valence-electron chi connectivity index (χ1n) is 8.25. The minimum Gasteiger partial charge on any atom is -0.367 e. The number of hydrogen-bond donors (Lipinski definition) is 0. The first-order chi connectivity index (χ1) is 10.7. The zero-order valence-electron chi connectivity index (χ0n) is 12.7. The van der Waals surface area contributed by atoms with Crippen LogP contribution in [0.25, 0.3) is 0 Å². The summed E-state index contributed by atoms with van der Waals surface area (Å²) in [6, 6.07) is 0. The molecule has 2 fully saturated rings. The molecule has 118 valence electrons. The molecule has 1 atom stereocenters. The van der Waals surface area contributed by atoms with Crippen molar-refractivity contribution in [3.63, 3.8) is 0 Å². The van der Waals surface area contributed by atoms with E-state index < -0.39 is 5.60 Å². The van der Waals surface area contributed by atoms with Crippen LogP contribution < -0.4 is 0 Å². The van der Waals surface area contributed by atoms with Gasteiger partial charge < -0.3 is 9.64 Å². The third-order valence-corrected chi connectivity index (χ3v) is 6.40. The number of likely N-dealkylation sites (tertiary alicyclic amines) is 1. The minimum absolute atomic E-state index is 0.0422. The van der Waals surface area contributed by atoms with Gasteiger partial charge in [0.2, 0.25) is 0 Å². The zero-order chi connectivity index (χ0) is 15.2. The van der Waals surface area contributed by atoms with E-state index in [0.717, 1.165) is 31.2 Å². The summed E-state index contributed by atoms with van der Waals surface area (Å²) in [5.41, 5.74) is 1.51. The van der Waals surface area contributed by atoms with Gasteiger partial charge >= 0.3 is 0 Å². The van der Waals surface area contributed by atoms with Gasteiger partial charge in [0.25, 0.3) is 5.91 Å². The zero-order valence-corrected chi connectivity index (χ0v) is 13.5. The van der Waals surface area contributed by atoms with Crippen molar-refractivity contribution in [2.75, 3.05) is 19.7 Å². The van der Waals surface area contributed by atoms with Crippen LogP contribution >= 0.6 is 11.3 Å². The first kappa shape index (κ1) is 14.4. The topological polar surface area (TPSA) is 46.6 Å². The highest BCUT2D eigenvalue weighted by molar-refractivity contribution is 7.10. The fraction of sp³-hybridized carbons (Fsp3) is 0.647. The molecule has 1 aliphatic carbocycles. The van der Waals surface area contributed by atoms with E-state index in [9.17, 15) is 9.59 Å². The van der Waals surface area contributed by atoms with Crippen LogP contribution in [0.5, 0.6) is 0 Å². The summed E-state index contributed by atoms with van der Waals surface area (Å²) in [6.07, 6.45) is 6.93. The molecule has 2 saturated heterocycles. The van der Waals surface area contributed by atoms with E-state index in [1.165, 1.54) is 23.3 Å². The molecule has 0 N–H and O–H groups in total. The van der Waals surface area contributed by atoms with Gasteiger partial charge in [-0.05, 0) is 44.1 Å². The van der Waals surface area contributed by atoms with Gasteiger partial charge in [0.1, 0.15) is 5.60 Å². The highest BCUT2D eigenvalue weighted by atomic mass is 32.1. The van der Waals surface area contributed by atoms with Crippen LogP contribution in [0.2, 0.25) is 0 Å². The Morgan fingerprint density at radius 1 is 1.23 bits per heavy atom. The molecule has 1 spiro atoms. The number of Topliss-reactive ketones (excluding diaryl/α,β-unsaturated/α-hetero) is 1. The summed E-state index contributed by atoms with van der Waals surface area (Å²) in [5, 5.41) is 2.00. The van der Waals surface area contributed by atoms with Gasteiger partial charge in [-0.15, -0.1) is 11.3 Å². The quantitative estimate of drug-likeness (QED) is 0.799. The van der Waals surface area contributed by atoms with E-state index in [1.54, 1.807) is 16.2 Å². The molecule has 1 aromatic rings. The van der Waals surface area contributed by atoms with Gasteiger partial charge in [-0.25, -0.2) is 0 Å². The lowest BCUT2D eigenvalue weighted by Gasteiger charge is -2.37. The summed E-state index contributed by atoms with van der Waals surface area (Å²) >= 11 is 1.71. The van der Waals surface area contributed by atoms with E-state index in [2.05, 4.69) is 0 Å². The average molecular weight is 319 g/mol. The number of carbonyl (C=O) groups is 2. The molecule has 0 bridgehead atoms. The lowest BCUT2D eigenvalue weighted by atomic mass is 9.87. The number of ether oxygens (including phenoxy) is 1. The summed E-state index contributed by atoms with van der Waals surface area (Å²) in [7, 11) is 0. The van der Waals surface area contributed by atoms with Crippen molar-refractivity contribution in [3.8, 4) is 0 Å². The molecule has 4 rings (SSSR count). The number of amides is 1. The predicted octanol–water partition coefficient (Wildman–Crippen LogP) is 2.59. The number of aryl methyl sites for hydroxylation is 1. The maximum Gasteiger partial charge on any atom is 0.255 e. The van der Waals surface area contributed by atoms with Crippen LogP contribution in [0.3, 0.4) is 0 Å². The number of hydrogen-bond acceptors (Lipinski definition) is 4. The average Bonchev–Trinajstić information content (AvgIpc) is 3.17. The number of rotatable bonds is 1. The van der Waals surface area contributed by atoms with Gasteiger partial charge in [-0.3, -0.25) is 9.59 Å². The van der Waals surface area contributed by atoms with E-state index in [0.29, 0.717) is 19.6 Å². The number of carbonyl (C=O) groups excluding carboxylic acids is 2. The Hall–Kier alpha value is -1.20. The molecule has 0 aromatic carbocycles. The lowest BCUT2D eigenvalue weighted by Crippen LogP contribution is -2.53. The Kier molecular flexibility index (Phi) is 3.57. The molecule has 5 heteroatoms. The van der Waals surface area contributed by atoms with Crippen molar-refractivity contribution in [1.82, 2.24) is 4.90 Å². The molecule has 22 heavy (non-hydrogen) atoms. The minimum atomic E-state index is -0.579. The standard InChI is InChI=1S/C17H21NO3S/c19-15-10-18(8-7-17(15)6-3-9-21-17)16(20)13-11-22-14-5-2-1-4-12(13)14/h11H,1-10H2/t17-/m0/s1. The first-order valence-corrected chi connectivity index (χ1v) is 9.13. The Bertz CT molecular complexity index is 615. The third-order valence-electron chi connectivity index (χ3n) is 5.31. The second kappa shape index (κ2) is 5.46. The van der Waals surface area contributed by atoms with Crippen molar-refractivity contribution in [1.29, 1.82) is 0 Å². The molecule has 1 amide bonds. The van der Waals surface area contributed by atoms with E-state index >= 15 is 0 Å². The van der Waals surface area contributed by atoms with Crippen LogP contribution in [-0.4, -0.2) is 41.9 Å². The smallest absolute Gasteiger partial charge is 0.255 e. The molecular formula is C17H21NO3S. The van der Waals surface area contributed by atoms with Crippen molar-refractivity contribution in [3.05, 3.63) is 21.4 Å². The number of piperidine rings is 1. The monoisotopic (exact) mass is 319 g/mol. The van der Waals surface area contributed by atoms with Crippen LogP contribution in [-0.2, 0) is 22.4 Å². The van der Waals surface area contributed by atoms with Crippen molar-refractivity contribution < 1.29 is 14.3 Å². The molecule has 0 radical (unpaired) electrons. The van der Waals surface area contributed by atoms with Gasteiger partial charge in [0.15, 0.2) is 5.78 Å². The van der Waals surface area contributed by atoms with Crippen molar-refractivity contribution in [2.24, 2.45) is 0 Å². The Morgan fingerprint density at radius 2 is 2.09 bits per heavy atom. The van der Waals surface area contributed by atoms with Gasteiger partial charge in [-0.1, -0.05) is 0 Å². The Balaban J connectivity index is 1.52. The van der Waals surface area contributed by atoms with E-state index in [4.69, 9.17) is 4.74 Å². The largest absolute Gasteiger partial charge is 0.367 e. The SMILES string of the molecule is O=C(c1csc2c1CCCC2)N1CC[C@@]2(CCCO2)C(=O)C1. The number of ketones is 1. The molecule has 3 aliphatic rings. The third kappa shape index (κ3) is 2.22. The van der Waals surface area contributed by atoms with Crippen LogP contribution in [0.15, 0.2) is 5.38 Å². The Labute approximate surface area is 134 Å². The van der Waals surface area contributed by atoms with Crippen molar-refractivity contribution in [2.45, 2.75) is 50.5 Å². The maximum atomic E-state index is 12.8. The highest BCUT2D eigenvalue weighted by Gasteiger charge is 2.46. The molecule has 2 aliphatic heterocycles. The van der Waals surface area contributed by atoms with Crippen molar-refractivity contribution >= 4 is 23.0 Å². The van der Waals surface area contributed by atoms with E-state index in [-0.39, 0.29) is 18.2 Å². The van der Waals surface area contributed by atoms with Gasteiger partial charge in [0.05, 0.1) is 12.1 Å². The summed E-state index contributed by atoms with van der Waals surface area (Å²) in [5.74, 6) is 0.134.